The van der Waals surface area contributed by atoms with Gasteiger partial charge in [0, 0.05) is 26.2 Å². The number of hydrogen-bond donors (Lipinski definition) is 0. The molecule has 0 saturated carbocycles. The fourth-order valence-electron chi connectivity index (χ4n) is 4.08. The van der Waals surface area contributed by atoms with Gasteiger partial charge in [0.05, 0.1) is 24.8 Å². The van der Waals surface area contributed by atoms with Crippen LogP contribution < -0.4 is 4.90 Å². The summed E-state index contributed by atoms with van der Waals surface area (Å²) in [6.07, 6.45) is 3.53. The molecule has 1 aromatic carbocycles. The van der Waals surface area contributed by atoms with Crippen LogP contribution in [0, 0.1) is 5.82 Å². The van der Waals surface area contributed by atoms with Gasteiger partial charge in [0.15, 0.2) is 17.0 Å². The zero-order valence-electron chi connectivity index (χ0n) is 16.4. The number of rotatable bonds is 4. The molecule has 156 valence electrons. The second-order valence-electron chi connectivity index (χ2n) is 7.56. The zero-order valence-corrected chi connectivity index (χ0v) is 16.4. The SMILES string of the molecule is O=C(c1ccccc1F)N1CCOC(Cn2nnc3c(N4CCCC4)ncnc32)C1. The summed E-state index contributed by atoms with van der Waals surface area (Å²) in [7, 11) is 0. The van der Waals surface area contributed by atoms with Crippen LogP contribution >= 0.6 is 0 Å². The Hall–Kier alpha value is -3.14. The Morgan fingerprint density at radius 2 is 2.00 bits per heavy atom. The minimum absolute atomic E-state index is 0.0763. The molecular formula is C20H22FN7O2. The number of hydrogen-bond acceptors (Lipinski definition) is 7. The van der Waals surface area contributed by atoms with Crippen molar-refractivity contribution in [2.75, 3.05) is 37.7 Å². The van der Waals surface area contributed by atoms with Crippen LogP contribution in [0.15, 0.2) is 30.6 Å². The highest BCUT2D eigenvalue weighted by molar-refractivity contribution is 5.94. The molecule has 0 aliphatic carbocycles. The first-order valence-corrected chi connectivity index (χ1v) is 10.2. The van der Waals surface area contributed by atoms with E-state index in [1.807, 2.05) is 0 Å². The lowest BCUT2D eigenvalue weighted by Gasteiger charge is -2.33. The predicted octanol–water partition coefficient (Wildman–Crippen LogP) is 1.50. The van der Waals surface area contributed by atoms with Gasteiger partial charge in [0.2, 0.25) is 0 Å². The van der Waals surface area contributed by atoms with Gasteiger partial charge in [-0.1, -0.05) is 17.3 Å². The van der Waals surface area contributed by atoms with Crippen molar-refractivity contribution < 1.29 is 13.9 Å². The summed E-state index contributed by atoms with van der Waals surface area (Å²) in [5.41, 5.74) is 1.40. The molecule has 2 aromatic heterocycles. The average Bonchev–Trinajstić information content (AvgIpc) is 3.44. The fraction of sp³-hybridized carbons (Fsp3) is 0.450. The molecule has 30 heavy (non-hydrogen) atoms. The van der Waals surface area contributed by atoms with Crippen molar-refractivity contribution >= 4 is 22.9 Å². The Bertz CT molecular complexity index is 1070. The van der Waals surface area contributed by atoms with Crippen molar-refractivity contribution in [3.05, 3.63) is 42.0 Å². The van der Waals surface area contributed by atoms with Crippen LogP contribution in [0.2, 0.25) is 0 Å². The normalized spacial score (nSPS) is 19.6. The fourth-order valence-corrected chi connectivity index (χ4v) is 4.08. The molecule has 1 unspecified atom stereocenters. The third-order valence-electron chi connectivity index (χ3n) is 5.59. The molecule has 1 atom stereocenters. The Morgan fingerprint density at radius 3 is 2.83 bits per heavy atom. The maximum Gasteiger partial charge on any atom is 0.256 e. The molecule has 1 amide bonds. The summed E-state index contributed by atoms with van der Waals surface area (Å²) in [4.78, 5) is 25.3. The molecule has 0 bridgehead atoms. The van der Waals surface area contributed by atoms with Crippen LogP contribution in [0.3, 0.4) is 0 Å². The third kappa shape index (κ3) is 3.47. The number of fused-ring (bicyclic) bond motifs is 1. The Kier molecular flexibility index (Phi) is 4.99. The molecular weight excluding hydrogens is 389 g/mol. The highest BCUT2D eigenvalue weighted by atomic mass is 19.1. The lowest BCUT2D eigenvalue weighted by atomic mass is 10.1. The van der Waals surface area contributed by atoms with E-state index < -0.39 is 5.82 Å². The van der Waals surface area contributed by atoms with Crippen LogP contribution in [-0.4, -0.2) is 74.7 Å². The molecule has 0 spiro atoms. The number of carbonyl (C=O) groups is 1. The lowest BCUT2D eigenvalue weighted by Crippen LogP contribution is -2.47. The van der Waals surface area contributed by atoms with E-state index in [2.05, 4.69) is 25.2 Å². The number of carbonyl (C=O) groups excluding carboxylic acids is 1. The first kappa shape index (κ1) is 18.9. The van der Waals surface area contributed by atoms with E-state index in [1.54, 1.807) is 21.7 Å². The van der Waals surface area contributed by atoms with Gasteiger partial charge in [-0.2, -0.15) is 0 Å². The predicted molar refractivity (Wildman–Crippen MR) is 107 cm³/mol. The minimum atomic E-state index is -0.515. The minimum Gasteiger partial charge on any atom is -0.373 e. The maximum absolute atomic E-state index is 14.0. The molecule has 2 saturated heterocycles. The second kappa shape index (κ2) is 7.94. The average molecular weight is 411 g/mol. The van der Waals surface area contributed by atoms with Crippen molar-refractivity contribution in [3.63, 3.8) is 0 Å². The van der Waals surface area contributed by atoms with Crippen molar-refractivity contribution in [1.82, 2.24) is 29.9 Å². The molecule has 2 aliphatic heterocycles. The van der Waals surface area contributed by atoms with E-state index in [0.717, 1.165) is 31.7 Å². The monoisotopic (exact) mass is 411 g/mol. The molecule has 0 N–H and O–H groups in total. The van der Waals surface area contributed by atoms with Crippen LogP contribution in [-0.2, 0) is 11.3 Å². The molecule has 2 fully saturated rings. The van der Waals surface area contributed by atoms with Crippen molar-refractivity contribution in [2.24, 2.45) is 0 Å². The van der Waals surface area contributed by atoms with Gasteiger partial charge in [-0.3, -0.25) is 4.79 Å². The van der Waals surface area contributed by atoms with E-state index in [0.29, 0.717) is 37.4 Å². The summed E-state index contributed by atoms with van der Waals surface area (Å²) in [6, 6.07) is 6.03. The molecule has 3 aromatic rings. The van der Waals surface area contributed by atoms with E-state index in [-0.39, 0.29) is 17.6 Å². The molecule has 10 heteroatoms. The van der Waals surface area contributed by atoms with Gasteiger partial charge in [-0.25, -0.2) is 19.0 Å². The first-order chi connectivity index (χ1) is 14.7. The van der Waals surface area contributed by atoms with Crippen molar-refractivity contribution in [1.29, 1.82) is 0 Å². The maximum atomic E-state index is 14.0. The lowest BCUT2D eigenvalue weighted by molar-refractivity contribution is -0.0298. The first-order valence-electron chi connectivity index (χ1n) is 10.2. The van der Waals surface area contributed by atoms with Gasteiger partial charge in [-0.15, -0.1) is 5.10 Å². The van der Waals surface area contributed by atoms with Crippen molar-refractivity contribution in [2.45, 2.75) is 25.5 Å². The van der Waals surface area contributed by atoms with Crippen LogP contribution in [0.1, 0.15) is 23.2 Å². The van der Waals surface area contributed by atoms with Gasteiger partial charge >= 0.3 is 0 Å². The number of anilines is 1. The number of nitrogens with zero attached hydrogens (tertiary/aromatic N) is 7. The number of benzene rings is 1. The number of ether oxygens (including phenoxy) is 1. The van der Waals surface area contributed by atoms with Crippen LogP contribution in [0.5, 0.6) is 0 Å². The number of amides is 1. The van der Waals surface area contributed by atoms with E-state index in [1.165, 1.54) is 18.5 Å². The topological polar surface area (TPSA) is 89.3 Å². The molecule has 5 rings (SSSR count). The second-order valence-corrected chi connectivity index (χ2v) is 7.56. The summed E-state index contributed by atoms with van der Waals surface area (Å²) in [5.74, 6) is -0.0351. The Balaban J connectivity index is 1.33. The summed E-state index contributed by atoms with van der Waals surface area (Å²) in [6.45, 7) is 3.46. The van der Waals surface area contributed by atoms with E-state index in [4.69, 9.17) is 4.74 Å². The smallest absolute Gasteiger partial charge is 0.256 e. The number of halogens is 1. The van der Waals surface area contributed by atoms with Gasteiger partial charge in [0.1, 0.15) is 12.1 Å². The highest BCUT2D eigenvalue weighted by Crippen LogP contribution is 2.24. The number of morpholine rings is 1. The largest absolute Gasteiger partial charge is 0.373 e. The van der Waals surface area contributed by atoms with Crippen LogP contribution in [0.25, 0.3) is 11.2 Å². The summed E-state index contributed by atoms with van der Waals surface area (Å²) < 4.78 is 21.6. The standard InChI is InChI=1S/C20H22FN7O2/c21-16-6-2-1-5-15(16)20(29)27-9-10-30-14(11-27)12-28-19-17(24-25-28)18(22-13-23-19)26-7-3-4-8-26/h1-2,5-6,13-14H,3-4,7-12H2. The molecule has 0 radical (unpaired) electrons. The molecule has 4 heterocycles. The summed E-state index contributed by atoms with van der Waals surface area (Å²) in [5, 5.41) is 8.56. The highest BCUT2D eigenvalue weighted by Gasteiger charge is 2.28. The van der Waals surface area contributed by atoms with Gasteiger partial charge in [-0.05, 0) is 25.0 Å². The quantitative estimate of drug-likeness (QED) is 0.643. The van der Waals surface area contributed by atoms with Gasteiger partial charge in [0.25, 0.3) is 5.91 Å². The van der Waals surface area contributed by atoms with E-state index in [9.17, 15) is 9.18 Å². The van der Waals surface area contributed by atoms with Gasteiger partial charge < -0.3 is 14.5 Å². The Morgan fingerprint density at radius 1 is 1.17 bits per heavy atom. The number of aromatic nitrogens is 5. The summed E-state index contributed by atoms with van der Waals surface area (Å²) >= 11 is 0. The van der Waals surface area contributed by atoms with E-state index >= 15 is 0 Å². The zero-order chi connectivity index (χ0) is 20.5. The van der Waals surface area contributed by atoms with Crippen LogP contribution in [0.4, 0.5) is 10.2 Å². The molecule has 9 nitrogen and oxygen atoms in total. The van der Waals surface area contributed by atoms with Crippen molar-refractivity contribution in [3.8, 4) is 0 Å². The Labute approximate surface area is 172 Å². The molecule has 2 aliphatic rings. The third-order valence-corrected chi connectivity index (χ3v) is 5.59.